The van der Waals surface area contributed by atoms with E-state index in [1.54, 1.807) is 0 Å². The van der Waals surface area contributed by atoms with E-state index in [0.717, 1.165) is 17.0 Å². The molecule has 2 unspecified atom stereocenters. The van der Waals surface area contributed by atoms with Gasteiger partial charge in [-0.15, -0.1) is 11.3 Å². The molecule has 1 aliphatic carbocycles. The highest BCUT2D eigenvalue weighted by molar-refractivity contribution is 7.11. The van der Waals surface area contributed by atoms with Crippen LogP contribution in [0.15, 0.2) is 24.3 Å². The van der Waals surface area contributed by atoms with E-state index in [1.165, 1.54) is 29.0 Å². The number of benzene rings is 1. The summed E-state index contributed by atoms with van der Waals surface area (Å²) in [7, 11) is 0. The SMILES string of the molecule is Cc1ccc(C(O)CNC(C)c2nc3c(s2)CCC3)cc1. The van der Waals surface area contributed by atoms with Gasteiger partial charge in [-0.3, -0.25) is 0 Å². The molecule has 0 radical (unpaired) electrons. The zero-order valence-corrected chi connectivity index (χ0v) is 13.4. The van der Waals surface area contributed by atoms with Crippen molar-refractivity contribution in [1.82, 2.24) is 10.3 Å². The molecular formula is C17H22N2OS. The second kappa shape index (κ2) is 6.26. The van der Waals surface area contributed by atoms with Crippen molar-refractivity contribution in [3.63, 3.8) is 0 Å². The zero-order valence-electron chi connectivity index (χ0n) is 12.6. The molecule has 0 saturated heterocycles. The lowest BCUT2D eigenvalue weighted by molar-refractivity contribution is 0.171. The van der Waals surface area contributed by atoms with Crippen LogP contribution < -0.4 is 5.32 Å². The minimum absolute atomic E-state index is 0.195. The lowest BCUT2D eigenvalue weighted by Crippen LogP contribution is -2.24. The van der Waals surface area contributed by atoms with Gasteiger partial charge in [0.25, 0.3) is 0 Å². The summed E-state index contributed by atoms with van der Waals surface area (Å²) in [4.78, 5) is 6.18. The molecule has 0 bridgehead atoms. The maximum Gasteiger partial charge on any atom is 0.110 e. The van der Waals surface area contributed by atoms with Crippen LogP contribution in [0.5, 0.6) is 0 Å². The Morgan fingerprint density at radius 2 is 2.05 bits per heavy atom. The standard InChI is InChI=1S/C17H22N2OS/c1-11-6-8-13(9-7-11)15(20)10-18-12(2)17-19-14-4-3-5-16(14)21-17/h6-9,12,15,18,20H,3-5,10H2,1-2H3. The molecule has 0 amide bonds. The molecule has 2 atom stereocenters. The number of aliphatic hydroxyl groups is 1. The number of nitrogens with zero attached hydrogens (tertiary/aromatic N) is 1. The molecule has 1 aliphatic rings. The van der Waals surface area contributed by atoms with E-state index >= 15 is 0 Å². The van der Waals surface area contributed by atoms with Gasteiger partial charge in [-0.2, -0.15) is 0 Å². The highest BCUT2D eigenvalue weighted by Gasteiger charge is 2.20. The van der Waals surface area contributed by atoms with Crippen molar-refractivity contribution in [2.45, 2.75) is 45.3 Å². The molecule has 1 aromatic carbocycles. The summed E-state index contributed by atoms with van der Waals surface area (Å²) in [5.41, 5.74) is 3.47. The predicted octanol–water partition coefficient (Wildman–Crippen LogP) is 3.32. The topological polar surface area (TPSA) is 45.1 Å². The van der Waals surface area contributed by atoms with Crippen LogP contribution in [0.2, 0.25) is 0 Å². The van der Waals surface area contributed by atoms with Crippen LogP contribution in [-0.4, -0.2) is 16.6 Å². The average molecular weight is 302 g/mol. The number of fused-ring (bicyclic) bond motifs is 1. The van der Waals surface area contributed by atoms with Gasteiger partial charge in [0.15, 0.2) is 0 Å². The summed E-state index contributed by atoms with van der Waals surface area (Å²) < 4.78 is 0. The fourth-order valence-electron chi connectivity index (χ4n) is 2.68. The smallest absolute Gasteiger partial charge is 0.110 e. The maximum absolute atomic E-state index is 10.2. The Bertz CT molecular complexity index is 584. The van der Waals surface area contributed by atoms with Crippen LogP contribution in [0.1, 0.15) is 52.2 Å². The molecule has 112 valence electrons. The highest BCUT2D eigenvalue weighted by atomic mass is 32.1. The fourth-order valence-corrected chi connectivity index (χ4v) is 3.86. The summed E-state index contributed by atoms with van der Waals surface area (Å²) in [6, 6.07) is 8.25. The van der Waals surface area contributed by atoms with Crippen LogP contribution >= 0.6 is 11.3 Å². The molecule has 0 fully saturated rings. The van der Waals surface area contributed by atoms with E-state index in [1.807, 2.05) is 35.6 Å². The number of hydrogen-bond donors (Lipinski definition) is 2. The normalized spacial score (nSPS) is 16.7. The van der Waals surface area contributed by atoms with Crippen LogP contribution in [0.25, 0.3) is 0 Å². The summed E-state index contributed by atoms with van der Waals surface area (Å²) in [6.45, 7) is 4.72. The Morgan fingerprint density at radius 1 is 1.29 bits per heavy atom. The molecule has 2 N–H and O–H groups in total. The molecule has 4 heteroatoms. The van der Waals surface area contributed by atoms with Crippen molar-refractivity contribution < 1.29 is 5.11 Å². The highest BCUT2D eigenvalue weighted by Crippen LogP contribution is 2.30. The van der Waals surface area contributed by atoms with E-state index in [9.17, 15) is 5.11 Å². The van der Waals surface area contributed by atoms with E-state index in [0.29, 0.717) is 6.54 Å². The van der Waals surface area contributed by atoms with Gasteiger partial charge in [-0.25, -0.2) is 4.98 Å². The van der Waals surface area contributed by atoms with Gasteiger partial charge < -0.3 is 10.4 Å². The van der Waals surface area contributed by atoms with Gasteiger partial charge in [-0.05, 0) is 38.7 Å². The molecule has 3 rings (SSSR count). The summed E-state index contributed by atoms with van der Waals surface area (Å²) in [6.07, 6.45) is 3.10. The van der Waals surface area contributed by atoms with E-state index < -0.39 is 6.10 Å². The molecule has 0 spiro atoms. The molecule has 2 aromatic rings. The Morgan fingerprint density at radius 3 is 2.76 bits per heavy atom. The number of rotatable bonds is 5. The second-order valence-corrected chi connectivity index (χ2v) is 6.95. The van der Waals surface area contributed by atoms with Crippen molar-refractivity contribution in [2.75, 3.05) is 6.54 Å². The van der Waals surface area contributed by atoms with Gasteiger partial charge >= 0.3 is 0 Å². The lowest BCUT2D eigenvalue weighted by Gasteiger charge is -2.16. The Hall–Kier alpha value is -1.23. The monoisotopic (exact) mass is 302 g/mol. The number of aromatic nitrogens is 1. The Balaban J connectivity index is 1.57. The first-order valence-corrected chi connectivity index (χ1v) is 8.41. The third-order valence-electron chi connectivity index (χ3n) is 4.06. The van der Waals surface area contributed by atoms with Gasteiger partial charge in [0.1, 0.15) is 5.01 Å². The zero-order chi connectivity index (χ0) is 14.8. The van der Waals surface area contributed by atoms with Crippen LogP contribution in [0.3, 0.4) is 0 Å². The van der Waals surface area contributed by atoms with E-state index in [-0.39, 0.29) is 6.04 Å². The fraction of sp³-hybridized carbons (Fsp3) is 0.471. The summed E-state index contributed by atoms with van der Waals surface area (Å²) in [5.74, 6) is 0. The first kappa shape index (κ1) is 14.7. The predicted molar refractivity (Wildman–Crippen MR) is 86.7 cm³/mol. The van der Waals surface area contributed by atoms with Crippen LogP contribution in [-0.2, 0) is 12.8 Å². The molecular weight excluding hydrogens is 280 g/mol. The van der Waals surface area contributed by atoms with Gasteiger partial charge in [0.2, 0.25) is 0 Å². The quantitative estimate of drug-likeness (QED) is 0.890. The third kappa shape index (κ3) is 3.34. The first-order chi connectivity index (χ1) is 10.1. The summed E-state index contributed by atoms with van der Waals surface area (Å²) >= 11 is 1.82. The number of thiazole rings is 1. The van der Waals surface area contributed by atoms with Crippen molar-refractivity contribution in [3.05, 3.63) is 51.0 Å². The Kier molecular flexibility index (Phi) is 4.38. The van der Waals surface area contributed by atoms with Crippen molar-refractivity contribution in [2.24, 2.45) is 0 Å². The van der Waals surface area contributed by atoms with Crippen molar-refractivity contribution in [1.29, 1.82) is 0 Å². The molecule has 1 heterocycles. The minimum Gasteiger partial charge on any atom is -0.387 e. The third-order valence-corrected chi connectivity index (χ3v) is 5.40. The largest absolute Gasteiger partial charge is 0.387 e. The van der Waals surface area contributed by atoms with Crippen molar-refractivity contribution in [3.8, 4) is 0 Å². The van der Waals surface area contributed by atoms with E-state index in [2.05, 4.69) is 19.2 Å². The van der Waals surface area contributed by atoms with Crippen LogP contribution in [0, 0.1) is 6.92 Å². The van der Waals surface area contributed by atoms with Crippen LogP contribution in [0.4, 0.5) is 0 Å². The summed E-state index contributed by atoms with van der Waals surface area (Å²) in [5, 5.41) is 14.8. The minimum atomic E-state index is -0.472. The van der Waals surface area contributed by atoms with Gasteiger partial charge in [-0.1, -0.05) is 29.8 Å². The number of nitrogens with one attached hydrogen (secondary N) is 1. The second-order valence-electron chi connectivity index (χ2n) is 5.83. The Labute approximate surface area is 130 Å². The number of aliphatic hydroxyl groups excluding tert-OH is 1. The lowest BCUT2D eigenvalue weighted by atomic mass is 10.1. The molecule has 1 aromatic heterocycles. The van der Waals surface area contributed by atoms with Crippen molar-refractivity contribution >= 4 is 11.3 Å². The number of hydrogen-bond acceptors (Lipinski definition) is 4. The van der Waals surface area contributed by atoms with Gasteiger partial charge in [0, 0.05) is 11.4 Å². The van der Waals surface area contributed by atoms with E-state index in [4.69, 9.17) is 4.98 Å². The van der Waals surface area contributed by atoms with Gasteiger partial charge in [0.05, 0.1) is 17.8 Å². The molecule has 3 nitrogen and oxygen atoms in total. The average Bonchev–Trinajstić information content (AvgIpc) is 3.06. The number of aryl methyl sites for hydroxylation is 3. The molecule has 0 aliphatic heterocycles. The first-order valence-electron chi connectivity index (χ1n) is 7.60. The maximum atomic E-state index is 10.2. The molecule has 21 heavy (non-hydrogen) atoms. The molecule has 0 saturated carbocycles.